The van der Waals surface area contributed by atoms with E-state index in [9.17, 15) is 19.8 Å². The van der Waals surface area contributed by atoms with Crippen molar-refractivity contribution in [2.75, 3.05) is 44.8 Å². The Hall–Kier alpha value is -4.68. The molecule has 0 bridgehead atoms. The number of carbonyl (C=O) groups is 1. The minimum Gasteiger partial charge on any atom is -0.508 e. The first-order chi connectivity index (χ1) is 19.4. The van der Waals surface area contributed by atoms with Gasteiger partial charge in [0.1, 0.15) is 17.1 Å². The van der Waals surface area contributed by atoms with Gasteiger partial charge >= 0.3 is 5.97 Å². The van der Waals surface area contributed by atoms with Gasteiger partial charge in [-0.25, -0.2) is 4.79 Å². The second-order valence-corrected chi connectivity index (χ2v) is 8.85. The van der Waals surface area contributed by atoms with Crippen LogP contribution in [0.1, 0.15) is 10.4 Å². The quantitative estimate of drug-likeness (QED) is 0.0475. The number of anilines is 1. The van der Waals surface area contributed by atoms with Crippen LogP contribution in [0.3, 0.4) is 0 Å². The van der Waals surface area contributed by atoms with Crippen LogP contribution in [0, 0.1) is 0 Å². The zero-order valence-corrected chi connectivity index (χ0v) is 21.9. The number of carboxylic acid groups (broad SMARTS) is 1. The van der Waals surface area contributed by atoms with Gasteiger partial charge in [0, 0.05) is 52.3 Å². The molecule has 4 rings (SSSR count). The maximum Gasteiger partial charge on any atom is 0.336 e. The van der Waals surface area contributed by atoms with Crippen LogP contribution in [0.15, 0.2) is 68.9 Å². The first-order valence-electron chi connectivity index (χ1n) is 12.2. The fraction of sp³-hybridized carbons (Fsp3) is 0.222. The van der Waals surface area contributed by atoms with Crippen LogP contribution in [-0.2, 0) is 9.47 Å². The van der Waals surface area contributed by atoms with Crippen molar-refractivity contribution in [3.05, 3.63) is 80.8 Å². The summed E-state index contributed by atoms with van der Waals surface area (Å²) in [6, 6.07) is 13.7. The number of azide groups is 1. The Morgan fingerprint density at radius 3 is 2.58 bits per heavy atom. The number of aromatic hydroxyl groups is 1. The van der Waals surface area contributed by atoms with Crippen LogP contribution in [0.5, 0.6) is 5.75 Å². The lowest BCUT2D eigenvalue weighted by atomic mass is 9.90. The molecule has 2 aromatic rings. The molecule has 0 saturated carbocycles. The maximum atomic E-state index is 12.3. The molecule has 0 amide bonds. The minimum atomic E-state index is -1.16. The van der Waals surface area contributed by atoms with E-state index in [4.69, 9.17) is 31.6 Å². The number of hydrogen-bond acceptors (Lipinski definition) is 8. The number of thiocarbonyl (C=S) groups is 1. The highest BCUT2D eigenvalue weighted by Gasteiger charge is 2.22. The second-order valence-electron chi connectivity index (χ2n) is 8.44. The van der Waals surface area contributed by atoms with Crippen molar-refractivity contribution in [1.82, 2.24) is 5.32 Å². The van der Waals surface area contributed by atoms with Crippen molar-refractivity contribution in [1.29, 1.82) is 0 Å². The molecule has 1 aliphatic heterocycles. The highest BCUT2D eigenvalue weighted by atomic mass is 32.1. The number of nitrogens with one attached hydrogen (secondary N) is 2. The molecule has 40 heavy (non-hydrogen) atoms. The molecule has 0 radical (unpaired) electrons. The Balaban J connectivity index is 1.48. The standard InChI is InChI=1S/C27H25N5O7S/c28-32-30-8-10-38-12-11-37-9-7-29-27(40)31-16-1-4-19(22(13-16)26(35)36)25-20-5-2-17(33)14-23(20)39-24-15-18(34)3-6-21(24)25/h1-6,13-15,33H,7-12H2,(H,35,36)(H2,29,31,40). The predicted octanol–water partition coefficient (Wildman–Crippen LogP) is 4.60. The highest BCUT2D eigenvalue weighted by Crippen LogP contribution is 2.42. The summed E-state index contributed by atoms with van der Waals surface area (Å²) >= 11 is 5.33. The number of carboxylic acids is 1. The number of fused-ring (bicyclic) bond motifs is 2. The molecule has 0 spiro atoms. The number of nitrogens with zero attached hydrogens (tertiary/aromatic N) is 3. The molecule has 206 valence electrons. The third-order valence-electron chi connectivity index (χ3n) is 5.76. The molecule has 0 fully saturated rings. The van der Waals surface area contributed by atoms with Gasteiger partial charge in [-0.15, -0.1) is 0 Å². The number of rotatable bonds is 12. The van der Waals surface area contributed by atoms with Gasteiger partial charge in [-0.05, 0) is 59.7 Å². The molecule has 13 heteroatoms. The minimum absolute atomic E-state index is 0.00432. The van der Waals surface area contributed by atoms with Crippen molar-refractivity contribution >= 4 is 40.0 Å². The monoisotopic (exact) mass is 563 g/mol. The van der Waals surface area contributed by atoms with E-state index in [0.29, 0.717) is 66.3 Å². The topological polar surface area (TPSA) is 179 Å². The van der Waals surface area contributed by atoms with Crippen LogP contribution in [-0.4, -0.2) is 60.8 Å². The van der Waals surface area contributed by atoms with Crippen molar-refractivity contribution in [3.8, 4) is 28.2 Å². The van der Waals surface area contributed by atoms with Crippen molar-refractivity contribution in [2.45, 2.75) is 0 Å². The zero-order chi connectivity index (χ0) is 28.5. The normalized spacial score (nSPS) is 10.8. The number of phenols is 1. The first-order valence-corrected chi connectivity index (χ1v) is 12.6. The molecule has 0 saturated heterocycles. The SMILES string of the molecule is [N-]=[N+]=NCCOCCOCCNC(=S)Nc1ccc(-c2c3ccc(=O)cc-3oc3cc(O)ccc23)c(C(=O)O)c1. The van der Waals surface area contributed by atoms with E-state index in [1.54, 1.807) is 24.3 Å². The van der Waals surface area contributed by atoms with Crippen LogP contribution in [0.2, 0.25) is 0 Å². The summed E-state index contributed by atoms with van der Waals surface area (Å²) in [5.41, 5.74) is 10.2. The Morgan fingerprint density at radius 1 is 1.02 bits per heavy atom. The molecular formula is C27H25N5O7S. The molecule has 0 atom stereocenters. The largest absolute Gasteiger partial charge is 0.508 e. The summed E-state index contributed by atoms with van der Waals surface area (Å²) < 4.78 is 16.5. The summed E-state index contributed by atoms with van der Waals surface area (Å²) in [5, 5.41) is 30.2. The number of phenolic OH excluding ortho intramolecular Hbond substituents is 1. The van der Waals surface area contributed by atoms with Crippen LogP contribution < -0.4 is 16.1 Å². The second kappa shape index (κ2) is 13.4. The lowest BCUT2D eigenvalue weighted by Crippen LogP contribution is -2.31. The van der Waals surface area contributed by atoms with E-state index in [1.165, 1.54) is 30.3 Å². The Morgan fingerprint density at radius 2 is 1.80 bits per heavy atom. The summed E-state index contributed by atoms with van der Waals surface area (Å²) in [5.74, 6) is -0.917. The van der Waals surface area contributed by atoms with Crippen LogP contribution in [0.4, 0.5) is 5.69 Å². The average molecular weight is 564 g/mol. The van der Waals surface area contributed by atoms with Gasteiger partial charge in [-0.2, -0.15) is 0 Å². The fourth-order valence-corrected chi connectivity index (χ4v) is 4.27. The molecule has 1 heterocycles. The van der Waals surface area contributed by atoms with Gasteiger partial charge in [0.25, 0.3) is 0 Å². The van der Waals surface area contributed by atoms with Crippen molar-refractivity contribution in [2.24, 2.45) is 5.11 Å². The van der Waals surface area contributed by atoms with Gasteiger partial charge in [0.05, 0.1) is 32.0 Å². The van der Waals surface area contributed by atoms with Crippen LogP contribution in [0.25, 0.3) is 43.9 Å². The third-order valence-corrected chi connectivity index (χ3v) is 6.00. The number of ether oxygens (including phenoxy) is 2. The summed E-state index contributed by atoms with van der Waals surface area (Å²) in [7, 11) is 0. The molecule has 0 unspecified atom stereocenters. The summed E-state index contributed by atoms with van der Waals surface area (Å²) in [6.45, 7) is 2.10. The molecule has 12 nitrogen and oxygen atoms in total. The fourth-order valence-electron chi connectivity index (χ4n) is 4.05. The Bertz CT molecular complexity index is 1620. The molecule has 2 aliphatic rings. The van der Waals surface area contributed by atoms with E-state index in [2.05, 4.69) is 20.7 Å². The van der Waals surface area contributed by atoms with Gasteiger partial charge in [0.15, 0.2) is 10.5 Å². The van der Waals surface area contributed by atoms with Gasteiger partial charge in [0.2, 0.25) is 0 Å². The van der Waals surface area contributed by atoms with E-state index in [1.807, 2.05) is 0 Å². The van der Waals surface area contributed by atoms with E-state index >= 15 is 0 Å². The van der Waals surface area contributed by atoms with Gasteiger partial charge in [-0.1, -0.05) is 11.2 Å². The Kier molecular flexibility index (Phi) is 9.49. The van der Waals surface area contributed by atoms with E-state index < -0.39 is 5.97 Å². The molecule has 4 N–H and O–H groups in total. The van der Waals surface area contributed by atoms with E-state index in [-0.39, 0.29) is 34.2 Å². The maximum absolute atomic E-state index is 12.3. The number of hydrogen-bond donors (Lipinski definition) is 4. The summed E-state index contributed by atoms with van der Waals surface area (Å²) in [6.07, 6.45) is 0. The van der Waals surface area contributed by atoms with Gasteiger partial charge in [-0.3, -0.25) is 4.79 Å². The molecular weight excluding hydrogens is 538 g/mol. The smallest absolute Gasteiger partial charge is 0.336 e. The van der Waals surface area contributed by atoms with E-state index in [0.717, 1.165) is 0 Å². The lowest BCUT2D eigenvalue weighted by molar-refractivity contribution is 0.0529. The molecule has 2 aromatic carbocycles. The Labute approximate surface area is 233 Å². The zero-order valence-electron chi connectivity index (χ0n) is 21.1. The third kappa shape index (κ3) is 7.04. The predicted molar refractivity (Wildman–Crippen MR) is 153 cm³/mol. The lowest BCUT2D eigenvalue weighted by Gasteiger charge is -2.18. The molecule has 0 aromatic heterocycles. The summed E-state index contributed by atoms with van der Waals surface area (Å²) in [4.78, 5) is 27.0. The van der Waals surface area contributed by atoms with Crippen molar-refractivity contribution < 1.29 is 28.9 Å². The van der Waals surface area contributed by atoms with Crippen molar-refractivity contribution in [3.63, 3.8) is 0 Å². The highest BCUT2D eigenvalue weighted by molar-refractivity contribution is 7.80. The average Bonchev–Trinajstić information content (AvgIpc) is 2.92. The van der Waals surface area contributed by atoms with Crippen LogP contribution >= 0.6 is 12.2 Å². The molecule has 1 aliphatic carbocycles. The first kappa shape index (κ1) is 28.3. The number of aromatic carboxylic acids is 1. The van der Waals surface area contributed by atoms with Gasteiger partial charge < -0.3 is 34.7 Å². The number of benzene rings is 3.